The summed E-state index contributed by atoms with van der Waals surface area (Å²) in [5.74, 6) is 0.0979. The number of nitrogens with zero attached hydrogens (tertiary/aromatic N) is 2. The van der Waals surface area contributed by atoms with E-state index in [0.717, 1.165) is 11.3 Å². The van der Waals surface area contributed by atoms with Gasteiger partial charge in [-0.15, -0.1) is 0 Å². The zero-order valence-electron chi connectivity index (χ0n) is 13.2. The Morgan fingerprint density at radius 2 is 2.10 bits per heavy atom. The summed E-state index contributed by atoms with van der Waals surface area (Å²) in [6.45, 7) is 5.88. The SMILES string of the molecule is COCCN(c1ccc(C)cc1/C(N)=N/O)C(C)COC. The molecule has 0 amide bonds. The molecule has 6 nitrogen and oxygen atoms in total. The third-order valence-corrected chi connectivity index (χ3v) is 3.32. The van der Waals surface area contributed by atoms with E-state index in [-0.39, 0.29) is 11.9 Å². The number of hydrogen-bond donors (Lipinski definition) is 2. The van der Waals surface area contributed by atoms with E-state index < -0.39 is 0 Å². The van der Waals surface area contributed by atoms with Crippen LogP contribution in [0.1, 0.15) is 18.1 Å². The van der Waals surface area contributed by atoms with Crippen LogP contribution in [0.3, 0.4) is 0 Å². The molecule has 0 aliphatic rings. The molecule has 0 aromatic heterocycles. The number of oxime groups is 1. The first-order chi connectivity index (χ1) is 10.0. The van der Waals surface area contributed by atoms with Crippen molar-refractivity contribution >= 4 is 11.5 Å². The van der Waals surface area contributed by atoms with E-state index in [1.54, 1.807) is 14.2 Å². The maximum Gasteiger partial charge on any atom is 0.172 e. The highest BCUT2D eigenvalue weighted by Crippen LogP contribution is 2.24. The normalized spacial score (nSPS) is 13.2. The highest BCUT2D eigenvalue weighted by Gasteiger charge is 2.19. The van der Waals surface area contributed by atoms with Gasteiger partial charge < -0.3 is 25.3 Å². The van der Waals surface area contributed by atoms with Crippen molar-refractivity contribution in [2.45, 2.75) is 19.9 Å². The van der Waals surface area contributed by atoms with E-state index in [4.69, 9.17) is 20.4 Å². The zero-order valence-corrected chi connectivity index (χ0v) is 13.2. The van der Waals surface area contributed by atoms with Crippen LogP contribution < -0.4 is 10.6 Å². The minimum absolute atomic E-state index is 0.0979. The number of nitrogens with two attached hydrogens (primary N) is 1. The number of hydrogen-bond acceptors (Lipinski definition) is 5. The van der Waals surface area contributed by atoms with Crippen LogP contribution in [0.15, 0.2) is 23.4 Å². The van der Waals surface area contributed by atoms with E-state index in [1.165, 1.54) is 0 Å². The van der Waals surface area contributed by atoms with E-state index >= 15 is 0 Å². The molecule has 21 heavy (non-hydrogen) atoms. The van der Waals surface area contributed by atoms with Crippen molar-refractivity contribution in [2.75, 3.05) is 38.9 Å². The smallest absolute Gasteiger partial charge is 0.172 e. The molecule has 1 aromatic carbocycles. The first-order valence-corrected chi connectivity index (χ1v) is 6.88. The fraction of sp³-hybridized carbons (Fsp3) is 0.533. The average molecular weight is 295 g/mol. The highest BCUT2D eigenvalue weighted by atomic mass is 16.5. The van der Waals surface area contributed by atoms with Gasteiger partial charge in [0.15, 0.2) is 5.84 Å². The van der Waals surface area contributed by atoms with Crippen molar-refractivity contribution in [3.8, 4) is 0 Å². The third kappa shape index (κ3) is 4.61. The van der Waals surface area contributed by atoms with Gasteiger partial charge in [0.2, 0.25) is 0 Å². The molecule has 1 aromatic rings. The summed E-state index contributed by atoms with van der Waals surface area (Å²) in [5, 5.41) is 12.1. The first-order valence-electron chi connectivity index (χ1n) is 6.88. The fourth-order valence-electron chi connectivity index (χ4n) is 2.26. The Morgan fingerprint density at radius 3 is 2.67 bits per heavy atom. The maximum atomic E-state index is 9.00. The number of methoxy groups -OCH3 is 2. The van der Waals surface area contributed by atoms with Crippen LogP contribution in [0, 0.1) is 6.92 Å². The molecule has 0 fully saturated rings. The zero-order chi connectivity index (χ0) is 15.8. The lowest BCUT2D eigenvalue weighted by Gasteiger charge is -2.32. The monoisotopic (exact) mass is 295 g/mol. The molecule has 3 N–H and O–H groups in total. The summed E-state index contributed by atoms with van der Waals surface area (Å²) in [4.78, 5) is 2.14. The second-order valence-corrected chi connectivity index (χ2v) is 5.00. The van der Waals surface area contributed by atoms with Crippen LogP contribution in [-0.2, 0) is 9.47 Å². The summed E-state index contributed by atoms with van der Waals surface area (Å²) < 4.78 is 10.4. The summed E-state index contributed by atoms with van der Waals surface area (Å²) in [6.07, 6.45) is 0. The van der Waals surface area contributed by atoms with Gasteiger partial charge >= 0.3 is 0 Å². The quantitative estimate of drug-likeness (QED) is 0.329. The predicted octanol–water partition coefficient (Wildman–Crippen LogP) is 1.58. The van der Waals surface area contributed by atoms with Crippen molar-refractivity contribution in [1.29, 1.82) is 0 Å². The molecule has 0 radical (unpaired) electrons. The number of rotatable bonds is 8. The van der Waals surface area contributed by atoms with E-state index in [9.17, 15) is 0 Å². The number of benzene rings is 1. The maximum absolute atomic E-state index is 9.00. The Kier molecular flexibility index (Phi) is 6.98. The second-order valence-electron chi connectivity index (χ2n) is 5.00. The molecule has 1 atom stereocenters. The molecule has 0 bridgehead atoms. The third-order valence-electron chi connectivity index (χ3n) is 3.32. The molecular formula is C15H25N3O3. The summed E-state index contributed by atoms with van der Waals surface area (Å²) >= 11 is 0. The Labute approximate surface area is 126 Å². The van der Waals surface area contributed by atoms with E-state index in [1.807, 2.05) is 25.1 Å². The molecule has 1 unspecified atom stereocenters. The molecule has 118 valence electrons. The summed E-state index contributed by atoms with van der Waals surface area (Å²) in [7, 11) is 3.34. The molecule has 6 heteroatoms. The average Bonchev–Trinajstić information content (AvgIpc) is 2.48. The molecule has 0 saturated heterocycles. The molecule has 0 heterocycles. The number of aryl methyl sites for hydroxylation is 1. The van der Waals surface area contributed by atoms with Crippen LogP contribution in [0.5, 0.6) is 0 Å². The van der Waals surface area contributed by atoms with Crippen molar-refractivity contribution in [1.82, 2.24) is 0 Å². The summed E-state index contributed by atoms with van der Waals surface area (Å²) in [5.41, 5.74) is 8.47. The van der Waals surface area contributed by atoms with Crippen molar-refractivity contribution in [3.05, 3.63) is 29.3 Å². The second kappa shape index (κ2) is 8.49. The van der Waals surface area contributed by atoms with Gasteiger partial charge in [-0.1, -0.05) is 16.8 Å². The molecule has 0 spiro atoms. The minimum atomic E-state index is 0.0979. The highest BCUT2D eigenvalue weighted by molar-refractivity contribution is 6.02. The van der Waals surface area contributed by atoms with Crippen LogP contribution in [0.2, 0.25) is 0 Å². The number of ether oxygens (including phenoxy) is 2. The Morgan fingerprint density at radius 1 is 1.38 bits per heavy atom. The Balaban J connectivity index is 3.22. The number of amidine groups is 1. The topological polar surface area (TPSA) is 80.3 Å². The lowest BCUT2D eigenvalue weighted by Crippen LogP contribution is -2.40. The first kappa shape index (κ1) is 17.3. The lowest BCUT2D eigenvalue weighted by atomic mass is 10.1. The molecule has 1 rings (SSSR count). The Bertz CT molecular complexity index is 477. The molecular weight excluding hydrogens is 270 g/mol. The van der Waals surface area contributed by atoms with Crippen LogP contribution in [-0.4, -0.2) is 51.1 Å². The largest absolute Gasteiger partial charge is 0.409 e. The number of anilines is 1. The van der Waals surface area contributed by atoms with Crippen LogP contribution in [0.25, 0.3) is 0 Å². The van der Waals surface area contributed by atoms with Gasteiger partial charge in [0.05, 0.1) is 13.2 Å². The van der Waals surface area contributed by atoms with Gasteiger partial charge in [-0.3, -0.25) is 0 Å². The summed E-state index contributed by atoms with van der Waals surface area (Å²) in [6, 6.07) is 6.02. The van der Waals surface area contributed by atoms with Gasteiger partial charge in [0.25, 0.3) is 0 Å². The van der Waals surface area contributed by atoms with E-state index in [2.05, 4.69) is 17.0 Å². The van der Waals surface area contributed by atoms with Crippen molar-refractivity contribution in [3.63, 3.8) is 0 Å². The molecule has 0 saturated carbocycles. The molecule has 0 aliphatic carbocycles. The Hall–Kier alpha value is -1.79. The van der Waals surface area contributed by atoms with Gasteiger partial charge in [-0.25, -0.2) is 0 Å². The molecule has 0 aliphatic heterocycles. The van der Waals surface area contributed by atoms with E-state index in [0.29, 0.717) is 25.3 Å². The van der Waals surface area contributed by atoms with Gasteiger partial charge in [0, 0.05) is 38.1 Å². The fourth-order valence-corrected chi connectivity index (χ4v) is 2.26. The van der Waals surface area contributed by atoms with Crippen molar-refractivity contribution in [2.24, 2.45) is 10.9 Å². The van der Waals surface area contributed by atoms with Crippen LogP contribution in [0.4, 0.5) is 5.69 Å². The van der Waals surface area contributed by atoms with Gasteiger partial charge in [-0.05, 0) is 26.0 Å². The lowest BCUT2D eigenvalue weighted by molar-refractivity contribution is 0.171. The standard InChI is InChI=1S/C15H25N3O3/c1-11-5-6-14(13(9-11)15(16)17-19)18(7-8-20-3)12(2)10-21-4/h5-6,9,12,19H,7-8,10H2,1-4H3,(H2,16,17). The predicted molar refractivity (Wildman–Crippen MR) is 84.2 cm³/mol. The van der Waals surface area contributed by atoms with Crippen molar-refractivity contribution < 1.29 is 14.7 Å². The van der Waals surface area contributed by atoms with Crippen LogP contribution >= 0.6 is 0 Å². The van der Waals surface area contributed by atoms with Gasteiger partial charge in [-0.2, -0.15) is 0 Å². The minimum Gasteiger partial charge on any atom is -0.409 e. The van der Waals surface area contributed by atoms with Gasteiger partial charge in [0.1, 0.15) is 0 Å².